The number of anilines is 1. The van der Waals surface area contributed by atoms with E-state index in [0.29, 0.717) is 30.2 Å². The SMILES string of the molecule is Cc1ccc(S(=O)(=O)c2cnc3cc4c(cc3c2N2CCCCCC2)OCCO4)cc1. The molecule has 0 saturated carbocycles. The molecule has 0 unspecified atom stereocenters. The number of fused-ring (bicyclic) bond motifs is 2. The fraction of sp³-hybridized carbons (Fsp3) is 0.375. The van der Waals surface area contributed by atoms with Crippen LogP contribution in [-0.2, 0) is 9.84 Å². The molecule has 2 aliphatic heterocycles. The Morgan fingerprint density at radius 3 is 2.23 bits per heavy atom. The fourth-order valence-corrected chi connectivity index (χ4v) is 5.79. The van der Waals surface area contributed by atoms with Crippen molar-refractivity contribution >= 4 is 26.4 Å². The minimum absolute atomic E-state index is 0.252. The van der Waals surface area contributed by atoms with Gasteiger partial charge in [-0.15, -0.1) is 0 Å². The second kappa shape index (κ2) is 8.04. The van der Waals surface area contributed by atoms with Gasteiger partial charge < -0.3 is 14.4 Å². The summed E-state index contributed by atoms with van der Waals surface area (Å²) in [6, 6.07) is 10.7. The Kier molecular flexibility index (Phi) is 5.22. The zero-order chi connectivity index (χ0) is 21.4. The summed E-state index contributed by atoms with van der Waals surface area (Å²) in [5.41, 5.74) is 2.46. The Balaban J connectivity index is 1.75. The molecule has 2 aliphatic rings. The van der Waals surface area contributed by atoms with Crippen LogP contribution in [0.4, 0.5) is 5.69 Å². The number of benzene rings is 2. The fourth-order valence-electron chi connectivity index (χ4n) is 4.36. The summed E-state index contributed by atoms with van der Waals surface area (Å²) < 4.78 is 38.9. The van der Waals surface area contributed by atoms with Crippen LogP contribution in [0.3, 0.4) is 0 Å². The Bertz CT molecular complexity index is 1210. The third-order valence-electron chi connectivity index (χ3n) is 6.01. The number of hydrogen-bond donors (Lipinski definition) is 0. The summed E-state index contributed by atoms with van der Waals surface area (Å²) in [5.74, 6) is 1.30. The van der Waals surface area contributed by atoms with Crippen LogP contribution in [0.5, 0.6) is 11.5 Å². The maximum absolute atomic E-state index is 13.7. The molecule has 2 aromatic carbocycles. The average molecular weight is 439 g/mol. The van der Waals surface area contributed by atoms with Gasteiger partial charge in [0, 0.05) is 30.7 Å². The van der Waals surface area contributed by atoms with E-state index in [0.717, 1.165) is 55.4 Å². The van der Waals surface area contributed by atoms with Gasteiger partial charge in [0.1, 0.15) is 18.1 Å². The number of rotatable bonds is 3. The second-order valence-electron chi connectivity index (χ2n) is 8.20. The van der Waals surface area contributed by atoms with Crippen LogP contribution in [0.1, 0.15) is 31.2 Å². The number of ether oxygens (including phenoxy) is 2. The van der Waals surface area contributed by atoms with Gasteiger partial charge in [-0.3, -0.25) is 4.98 Å². The summed E-state index contributed by atoms with van der Waals surface area (Å²) in [6.45, 7) is 4.57. The van der Waals surface area contributed by atoms with Gasteiger partial charge in [-0.1, -0.05) is 30.5 Å². The monoisotopic (exact) mass is 438 g/mol. The van der Waals surface area contributed by atoms with Gasteiger partial charge in [-0.2, -0.15) is 0 Å². The van der Waals surface area contributed by atoms with Crippen LogP contribution in [0.2, 0.25) is 0 Å². The predicted molar refractivity (Wildman–Crippen MR) is 120 cm³/mol. The van der Waals surface area contributed by atoms with Crippen LogP contribution < -0.4 is 14.4 Å². The number of hydrogen-bond acceptors (Lipinski definition) is 6. The van der Waals surface area contributed by atoms with Gasteiger partial charge in [0.25, 0.3) is 0 Å². The molecule has 1 aromatic heterocycles. The van der Waals surface area contributed by atoms with Crippen molar-refractivity contribution in [2.75, 3.05) is 31.2 Å². The Morgan fingerprint density at radius 2 is 1.55 bits per heavy atom. The van der Waals surface area contributed by atoms with Crippen LogP contribution in [0.25, 0.3) is 10.9 Å². The molecule has 0 N–H and O–H groups in total. The number of aryl methyl sites for hydroxylation is 1. The van der Waals surface area contributed by atoms with Crippen molar-refractivity contribution in [1.82, 2.24) is 4.98 Å². The molecule has 5 rings (SSSR count). The maximum Gasteiger partial charge on any atom is 0.210 e. The van der Waals surface area contributed by atoms with Crippen LogP contribution in [-0.4, -0.2) is 39.7 Å². The second-order valence-corrected chi connectivity index (χ2v) is 10.1. The van der Waals surface area contributed by atoms with E-state index in [9.17, 15) is 8.42 Å². The predicted octanol–water partition coefficient (Wildman–Crippen LogP) is 4.53. The third kappa shape index (κ3) is 3.71. The topological polar surface area (TPSA) is 68.7 Å². The number of aromatic nitrogens is 1. The zero-order valence-electron chi connectivity index (χ0n) is 17.6. The van der Waals surface area contributed by atoms with E-state index in [4.69, 9.17) is 9.47 Å². The lowest BCUT2D eigenvalue weighted by Crippen LogP contribution is -2.26. The van der Waals surface area contributed by atoms with E-state index in [1.54, 1.807) is 12.1 Å². The molecule has 1 fully saturated rings. The van der Waals surface area contributed by atoms with Crippen molar-refractivity contribution < 1.29 is 17.9 Å². The molecule has 0 bridgehead atoms. The van der Waals surface area contributed by atoms with Crippen molar-refractivity contribution in [3.8, 4) is 11.5 Å². The highest BCUT2D eigenvalue weighted by molar-refractivity contribution is 7.91. The van der Waals surface area contributed by atoms with E-state index >= 15 is 0 Å². The molecule has 0 radical (unpaired) electrons. The van der Waals surface area contributed by atoms with E-state index in [1.165, 1.54) is 6.20 Å². The number of nitrogens with zero attached hydrogens (tertiary/aromatic N) is 2. The summed E-state index contributed by atoms with van der Waals surface area (Å²) in [7, 11) is -3.74. The first-order chi connectivity index (χ1) is 15.0. The summed E-state index contributed by atoms with van der Waals surface area (Å²) in [4.78, 5) is 7.29. The lowest BCUT2D eigenvalue weighted by atomic mass is 10.1. The normalized spacial score (nSPS) is 16.9. The largest absolute Gasteiger partial charge is 0.486 e. The minimum Gasteiger partial charge on any atom is -0.486 e. The van der Waals surface area contributed by atoms with E-state index in [2.05, 4.69) is 9.88 Å². The highest BCUT2D eigenvalue weighted by atomic mass is 32.2. The molecule has 0 atom stereocenters. The summed E-state index contributed by atoms with van der Waals surface area (Å²) in [5, 5.41) is 0.791. The first kappa shape index (κ1) is 20.1. The summed E-state index contributed by atoms with van der Waals surface area (Å²) in [6.07, 6.45) is 5.91. The smallest absolute Gasteiger partial charge is 0.210 e. The molecule has 6 nitrogen and oxygen atoms in total. The van der Waals surface area contributed by atoms with E-state index < -0.39 is 9.84 Å². The lowest BCUT2D eigenvalue weighted by Gasteiger charge is -2.27. The van der Waals surface area contributed by atoms with Gasteiger partial charge in [-0.25, -0.2) is 8.42 Å². The van der Waals surface area contributed by atoms with Gasteiger partial charge in [0.2, 0.25) is 9.84 Å². The van der Waals surface area contributed by atoms with Crippen LogP contribution in [0, 0.1) is 6.92 Å². The van der Waals surface area contributed by atoms with Crippen LogP contribution in [0.15, 0.2) is 52.4 Å². The standard InChI is InChI=1S/C24H26N2O4S/c1-17-6-8-18(9-7-17)31(27,28)23-16-25-20-15-22-21(29-12-13-30-22)14-19(20)24(23)26-10-4-2-3-5-11-26/h6-9,14-16H,2-5,10-13H2,1H3. The molecular weight excluding hydrogens is 412 g/mol. The number of pyridine rings is 1. The maximum atomic E-state index is 13.7. The van der Waals surface area contributed by atoms with Crippen molar-refractivity contribution in [2.24, 2.45) is 0 Å². The van der Waals surface area contributed by atoms with Gasteiger partial charge >= 0.3 is 0 Å². The van der Waals surface area contributed by atoms with Gasteiger partial charge in [0.05, 0.1) is 16.1 Å². The third-order valence-corrected chi connectivity index (χ3v) is 7.78. The Labute approximate surface area is 182 Å². The number of sulfone groups is 1. The lowest BCUT2D eigenvalue weighted by molar-refractivity contribution is 0.172. The molecule has 0 aliphatic carbocycles. The molecule has 31 heavy (non-hydrogen) atoms. The molecular formula is C24H26N2O4S. The molecule has 162 valence electrons. The molecule has 1 saturated heterocycles. The minimum atomic E-state index is -3.74. The van der Waals surface area contributed by atoms with E-state index in [-0.39, 0.29) is 9.79 Å². The van der Waals surface area contributed by atoms with Crippen LogP contribution >= 0.6 is 0 Å². The molecule has 3 aromatic rings. The van der Waals surface area contributed by atoms with Crippen molar-refractivity contribution in [1.29, 1.82) is 0 Å². The van der Waals surface area contributed by atoms with Crippen molar-refractivity contribution in [3.05, 3.63) is 48.2 Å². The highest BCUT2D eigenvalue weighted by Gasteiger charge is 2.28. The Morgan fingerprint density at radius 1 is 0.903 bits per heavy atom. The summed E-state index contributed by atoms with van der Waals surface area (Å²) >= 11 is 0. The molecule has 3 heterocycles. The van der Waals surface area contributed by atoms with Gasteiger partial charge in [0.15, 0.2) is 11.5 Å². The van der Waals surface area contributed by atoms with Gasteiger partial charge in [-0.05, 0) is 38.0 Å². The Hall–Kier alpha value is -2.80. The first-order valence-electron chi connectivity index (χ1n) is 10.8. The molecule has 0 amide bonds. The van der Waals surface area contributed by atoms with Crippen molar-refractivity contribution in [2.45, 2.75) is 42.4 Å². The van der Waals surface area contributed by atoms with Crippen molar-refractivity contribution in [3.63, 3.8) is 0 Å². The molecule has 7 heteroatoms. The highest BCUT2D eigenvalue weighted by Crippen LogP contribution is 2.42. The average Bonchev–Trinajstić information content (AvgIpc) is 3.06. The first-order valence-corrected chi connectivity index (χ1v) is 12.3. The quantitative estimate of drug-likeness (QED) is 0.599. The zero-order valence-corrected chi connectivity index (χ0v) is 18.5. The van der Waals surface area contributed by atoms with E-state index in [1.807, 2.05) is 31.2 Å². The molecule has 0 spiro atoms.